The zero-order valence-corrected chi connectivity index (χ0v) is 21.9. The number of fused-ring (bicyclic) bond motifs is 1. The Labute approximate surface area is 222 Å². The van der Waals surface area contributed by atoms with Crippen LogP contribution in [0.3, 0.4) is 0 Å². The third-order valence-electron chi connectivity index (χ3n) is 6.28. The summed E-state index contributed by atoms with van der Waals surface area (Å²) in [5.74, 6) is -0.739. The van der Waals surface area contributed by atoms with Gasteiger partial charge in [0.2, 0.25) is 0 Å². The van der Waals surface area contributed by atoms with E-state index in [1.807, 2.05) is 45.3 Å². The highest BCUT2D eigenvalue weighted by Gasteiger charge is 2.20. The van der Waals surface area contributed by atoms with E-state index in [9.17, 15) is 14.7 Å². The van der Waals surface area contributed by atoms with Gasteiger partial charge < -0.3 is 10.4 Å². The summed E-state index contributed by atoms with van der Waals surface area (Å²) >= 11 is 5.91. The highest BCUT2D eigenvalue weighted by atomic mass is 35.5. The molecule has 0 radical (unpaired) electrons. The first kappa shape index (κ1) is 25.1. The van der Waals surface area contributed by atoms with Crippen LogP contribution in [0.5, 0.6) is 0 Å². The minimum Gasteiger partial charge on any atom is -0.476 e. The normalized spacial score (nSPS) is 12.0. The van der Waals surface area contributed by atoms with Gasteiger partial charge in [-0.25, -0.2) is 14.8 Å². The number of rotatable bonds is 6. The van der Waals surface area contributed by atoms with E-state index in [4.69, 9.17) is 16.6 Å². The van der Waals surface area contributed by atoms with Gasteiger partial charge in [0.15, 0.2) is 5.69 Å². The zero-order valence-electron chi connectivity index (χ0n) is 21.1. The molecule has 0 aliphatic heterocycles. The fourth-order valence-electron chi connectivity index (χ4n) is 4.42. The number of nitrogens with one attached hydrogen (secondary N) is 1. The number of aromatic carboxylic acids is 1. The van der Waals surface area contributed by atoms with Crippen molar-refractivity contribution in [3.8, 4) is 22.6 Å². The van der Waals surface area contributed by atoms with Crippen LogP contribution in [0.15, 0.2) is 59.8 Å². The third-order valence-corrected chi connectivity index (χ3v) is 6.49. The van der Waals surface area contributed by atoms with E-state index in [1.54, 1.807) is 36.3 Å². The summed E-state index contributed by atoms with van der Waals surface area (Å²) in [6.07, 6.45) is 5.30. The Kier molecular flexibility index (Phi) is 6.41. The van der Waals surface area contributed by atoms with Gasteiger partial charge in [0.1, 0.15) is 11.0 Å². The second-order valence-electron chi connectivity index (χ2n) is 9.09. The first-order valence-corrected chi connectivity index (χ1v) is 12.1. The maximum atomic E-state index is 13.4. The lowest BCUT2D eigenvalue weighted by Gasteiger charge is -2.20. The Hall–Kier alpha value is -4.57. The van der Waals surface area contributed by atoms with Gasteiger partial charge in [0.05, 0.1) is 34.5 Å². The molecule has 0 bridgehead atoms. The number of hydrogen-bond acceptors (Lipinski definition) is 7. The van der Waals surface area contributed by atoms with Crippen molar-refractivity contribution >= 4 is 34.2 Å². The Morgan fingerprint density at radius 2 is 1.87 bits per heavy atom. The van der Waals surface area contributed by atoms with Crippen molar-refractivity contribution in [2.45, 2.75) is 19.9 Å². The number of anilines is 1. The van der Waals surface area contributed by atoms with Gasteiger partial charge in [0, 0.05) is 43.2 Å². The summed E-state index contributed by atoms with van der Waals surface area (Å²) in [5, 5.41) is 17.5. The first-order chi connectivity index (χ1) is 18.1. The Morgan fingerprint density at radius 3 is 2.53 bits per heavy atom. The number of benzene rings is 1. The topological polar surface area (TPSA) is 128 Å². The van der Waals surface area contributed by atoms with Gasteiger partial charge >= 0.3 is 5.97 Å². The second kappa shape index (κ2) is 9.71. The monoisotopic (exact) mass is 529 g/mol. The van der Waals surface area contributed by atoms with Crippen molar-refractivity contribution in [3.05, 3.63) is 87.3 Å². The molecule has 0 aliphatic carbocycles. The number of aromatic nitrogens is 6. The van der Waals surface area contributed by atoms with Gasteiger partial charge in [-0.3, -0.25) is 19.0 Å². The lowest BCUT2D eigenvalue weighted by atomic mass is 10.0. The van der Waals surface area contributed by atoms with Crippen molar-refractivity contribution in [2.75, 3.05) is 5.32 Å². The van der Waals surface area contributed by atoms with Crippen LogP contribution in [0.2, 0.25) is 5.15 Å². The van der Waals surface area contributed by atoms with Crippen LogP contribution in [0.1, 0.15) is 34.6 Å². The summed E-state index contributed by atoms with van der Waals surface area (Å²) in [7, 11) is 3.52. The standard InChI is InChI=1S/C27H24ClN7O3/c1-14-9-18(15(2)31-21-7-8-22(28)32-24(21)27(37)38)23-19(10-14)26(36)35(4)25(33-23)16-5-6-20(29-11-16)17-12-30-34(3)13-17/h5-13,15,31H,1-4H3,(H,37,38). The predicted octanol–water partition coefficient (Wildman–Crippen LogP) is 4.62. The molecule has 38 heavy (non-hydrogen) atoms. The average Bonchev–Trinajstić information content (AvgIpc) is 3.33. The molecule has 10 nitrogen and oxygen atoms in total. The van der Waals surface area contributed by atoms with Crippen LogP contribution in [-0.2, 0) is 14.1 Å². The molecule has 1 unspecified atom stereocenters. The number of carboxylic acids is 1. The molecule has 11 heteroatoms. The smallest absolute Gasteiger partial charge is 0.356 e. The van der Waals surface area contributed by atoms with Crippen LogP contribution in [0, 0.1) is 6.92 Å². The fourth-order valence-corrected chi connectivity index (χ4v) is 4.56. The minimum absolute atomic E-state index is 0.0829. The molecule has 4 heterocycles. The maximum absolute atomic E-state index is 13.4. The fraction of sp³-hybridized carbons (Fsp3) is 0.185. The quantitative estimate of drug-likeness (QED) is 0.305. The van der Waals surface area contributed by atoms with E-state index in [0.717, 1.165) is 22.4 Å². The summed E-state index contributed by atoms with van der Waals surface area (Å²) in [4.78, 5) is 38.6. The molecule has 1 atom stereocenters. The van der Waals surface area contributed by atoms with Gasteiger partial charge in [-0.1, -0.05) is 17.7 Å². The molecule has 0 saturated carbocycles. The molecule has 0 fully saturated rings. The highest BCUT2D eigenvalue weighted by Crippen LogP contribution is 2.29. The molecule has 0 saturated heterocycles. The predicted molar refractivity (Wildman–Crippen MR) is 145 cm³/mol. The van der Waals surface area contributed by atoms with Gasteiger partial charge in [-0.05, 0) is 49.7 Å². The van der Waals surface area contributed by atoms with Gasteiger partial charge in [-0.2, -0.15) is 5.10 Å². The number of nitrogens with zero attached hydrogens (tertiary/aromatic N) is 6. The molecular weight excluding hydrogens is 506 g/mol. The summed E-state index contributed by atoms with van der Waals surface area (Å²) in [6, 6.07) is 10.2. The number of aryl methyl sites for hydroxylation is 2. The average molecular weight is 530 g/mol. The molecule has 0 spiro atoms. The molecular formula is C27H24ClN7O3. The molecule has 0 amide bonds. The van der Waals surface area contributed by atoms with E-state index < -0.39 is 12.0 Å². The van der Waals surface area contributed by atoms with Crippen LogP contribution >= 0.6 is 11.6 Å². The molecule has 2 N–H and O–H groups in total. The largest absolute Gasteiger partial charge is 0.476 e. The van der Waals surface area contributed by atoms with Gasteiger partial charge in [-0.15, -0.1) is 0 Å². The van der Waals surface area contributed by atoms with E-state index in [0.29, 0.717) is 28.0 Å². The Balaban J connectivity index is 1.60. The van der Waals surface area contributed by atoms with Crippen molar-refractivity contribution in [3.63, 3.8) is 0 Å². The number of pyridine rings is 2. The first-order valence-electron chi connectivity index (χ1n) is 11.8. The number of carboxylic acid groups (broad SMARTS) is 1. The van der Waals surface area contributed by atoms with Crippen molar-refractivity contribution in [1.29, 1.82) is 0 Å². The molecule has 0 aliphatic rings. The summed E-state index contributed by atoms with van der Waals surface area (Å²) in [6.45, 7) is 3.77. The third kappa shape index (κ3) is 4.61. The number of halogens is 1. The number of carbonyl (C=O) groups is 1. The summed E-state index contributed by atoms with van der Waals surface area (Å²) < 4.78 is 3.22. The second-order valence-corrected chi connectivity index (χ2v) is 9.47. The Bertz CT molecular complexity index is 1760. The Morgan fingerprint density at radius 1 is 1.08 bits per heavy atom. The van der Waals surface area contributed by atoms with Crippen molar-refractivity contribution in [1.82, 2.24) is 29.3 Å². The molecule has 1 aromatic carbocycles. The zero-order chi connectivity index (χ0) is 27.1. The highest BCUT2D eigenvalue weighted by molar-refractivity contribution is 6.29. The van der Waals surface area contributed by atoms with Crippen LogP contribution in [0.4, 0.5) is 5.69 Å². The molecule has 192 valence electrons. The summed E-state index contributed by atoms with van der Waals surface area (Å²) in [5.41, 5.74) is 4.38. The van der Waals surface area contributed by atoms with Crippen LogP contribution in [0.25, 0.3) is 33.5 Å². The van der Waals surface area contributed by atoms with E-state index in [2.05, 4.69) is 20.4 Å². The maximum Gasteiger partial charge on any atom is 0.356 e. The molecule has 5 aromatic rings. The molecule has 5 rings (SSSR count). The van der Waals surface area contributed by atoms with Crippen molar-refractivity contribution in [2.24, 2.45) is 14.1 Å². The number of hydrogen-bond donors (Lipinski definition) is 2. The lowest BCUT2D eigenvalue weighted by Crippen LogP contribution is -2.22. The van der Waals surface area contributed by atoms with Crippen molar-refractivity contribution < 1.29 is 9.90 Å². The van der Waals surface area contributed by atoms with E-state index >= 15 is 0 Å². The van der Waals surface area contributed by atoms with E-state index in [1.165, 1.54) is 10.6 Å². The van der Waals surface area contributed by atoms with E-state index in [-0.39, 0.29) is 16.4 Å². The van der Waals surface area contributed by atoms with Crippen LogP contribution in [-0.4, -0.2) is 40.4 Å². The van der Waals surface area contributed by atoms with Crippen LogP contribution < -0.4 is 10.9 Å². The SMILES string of the molecule is Cc1cc(C(C)Nc2ccc(Cl)nc2C(=O)O)c2nc(-c3ccc(-c4cnn(C)c4)nc3)n(C)c(=O)c2c1. The van der Waals surface area contributed by atoms with Gasteiger partial charge in [0.25, 0.3) is 5.56 Å². The minimum atomic E-state index is -1.20. The lowest BCUT2D eigenvalue weighted by molar-refractivity contribution is 0.0691. The molecule has 4 aromatic heterocycles.